The molecule has 1 fully saturated rings. The number of aliphatic carboxylic acids is 1. The van der Waals surface area contributed by atoms with E-state index in [1.807, 2.05) is 13.8 Å². The molecule has 0 unspecified atom stereocenters. The van der Waals surface area contributed by atoms with Crippen molar-refractivity contribution in [2.24, 2.45) is 0 Å². The molecule has 5 nitrogen and oxygen atoms in total. The quantitative estimate of drug-likeness (QED) is 0.890. The Labute approximate surface area is 112 Å². The number of carboxylic acids is 1. The van der Waals surface area contributed by atoms with Crippen molar-refractivity contribution in [3.63, 3.8) is 0 Å². The molecular weight excluding hydrogens is 246 g/mol. The summed E-state index contributed by atoms with van der Waals surface area (Å²) in [5, 5.41) is 9.23. The predicted octanol–water partition coefficient (Wildman–Crippen LogP) is 2.28. The highest BCUT2D eigenvalue weighted by Crippen LogP contribution is 2.26. The molecule has 2 heterocycles. The molecule has 1 N–H and O–H groups in total. The first-order chi connectivity index (χ1) is 8.93. The maximum absolute atomic E-state index is 12.6. The molecule has 19 heavy (non-hydrogen) atoms. The number of carbonyl (C=O) groups is 2. The first kappa shape index (κ1) is 13.6. The van der Waals surface area contributed by atoms with E-state index in [9.17, 15) is 14.7 Å². The van der Waals surface area contributed by atoms with E-state index in [1.165, 1.54) is 4.90 Å². The highest BCUT2D eigenvalue weighted by molar-refractivity contribution is 5.99. The van der Waals surface area contributed by atoms with Crippen LogP contribution in [-0.4, -0.2) is 34.5 Å². The van der Waals surface area contributed by atoms with E-state index in [-0.39, 0.29) is 5.91 Å². The number of hydrogen-bond donors (Lipinski definition) is 1. The van der Waals surface area contributed by atoms with Gasteiger partial charge in [0.05, 0.1) is 5.56 Å². The molecule has 1 amide bonds. The standard InChI is InChI=1S/C14H19NO4/c1-8-9(2)19-10(3)12(8)13(16)15-7-5-4-6-11(15)14(17)18/h11H,4-7H2,1-3H3,(H,17,18)/t11-/m1/s1. The van der Waals surface area contributed by atoms with E-state index in [0.29, 0.717) is 30.0 Å². The lowest BCUT2D eigenvalue weighted by Gasteiger charge is -2.33. The van der Waals surface area contributed by atoms with Crippen LogP contribution in [0.15, 0.2) is 4.42 Å². The van der Waals surface area contributed by atoms with Crippen LogP contribution >= 0.6 is 0 Å². The first-order valence-electron chi connectivity index (χ1n) is 6.54. The molecule has 0 bridgehead atoms. The summed E-state index contributed by atoms with van der Waals surface area (Å²) >= 11 is 0. The highest BCUT2D eigenvalue weighted by atomic mass is 16.4. The van der Waals surface area contributed by atoms with E-state index < -0.39 is 12.0 Å². The molecular formula is C14H19NO4. The molecule has 0 saturated carbocycles. The molecule has 0 aliphatic carbocycles. The van der Waals surface area contributed by atoms with Crippen LogP contribution in [0.4, 0.5) is 0 Å². The molecule has 0 spiro atoms. The second kappa shape index (κ2) is 5.07. The van der Waals surface area contributed by atoms with Crippen molar-refractivity contribution in [1.82, 2.24) is 4.90 Å². The van der Waals surface area contributed by atoms with Gasteiger partial charge in [0.15, 0.2) is 0 Å². The average Bonchev–Trinajstić information content (AvgIpc) is 2.62. The summed E-state index contributed by atoms with van der Waals surface area (Å²) in [5.41, 5.74) is 1.32. The maximum atomic E-state index is 12.6. The van der Waals surface area contributed by atoms with Gasteiger partial charge in [0.25, 0.3) is 5.91 Å². The van der Waals surface area contributed by atoms with Gasteiger partial charge in [-0.25, -0.2) is 4.79 Å². The van der Waals surface area contributed by atoms with Crippen molar-refractivity contribution in [2.75, 3.05) is 6.54 Å². The third-order valence-corrected chi connectivity index (χ3v) is 3.82. The fourth-order valence-electron chi connectivity index (χ4n) is 2.68. The number of nitrogens with zero attached hydrogens (tertiary/aromatic N) is 1. The molecule has 1 aromatic rings. The molecule has 1 atom stereocenters. The maximum Gasteiger partial charge on any atom is 0.326 e. The van der Waals surface area contributed by atoms with Crippen molar-refractivity contribution < 1.29 is 19.1 Å². The fourth-order valence-corrected chi connectivity index (χ4v) is 2.68. The minimum Gasteiger partial charge on any atom is -0.480 e. The van der Waals surface area contributed by atoms with Gasteiger partial charge in [-0.15, -0.1) is 0 Å². The topological polar surface area (TPSA) is 70.8 Å². The predicted molar refractivity (Wildman–Crippen MR) is 69.2 cm³/mol. The molecule has 1 aliphatic heterocycles. The van der Waals surface area contributed by atoms with Crippen LogP contribution < -0.4 is 0 Å². The van der Waals surface area contributed by atoms with Crippen LogP contribution in [0.5, 0.6) is 0 Å². The Bertz CT molecular complexity index is 518. The van der Waals surface area contributed by atoms with E-state index in [0.717, 1.165) is 18.4 Å². The number of carbonyl (C=O) groups excluding carboxylic acids is 1. The van der Waals surface area contributed by atoms with Crippen molar-refractivity contribution in [1.29, 1.82) is 0 Å². The third-order valence-electron chi connectivity index (χ3n) is 3.82. The van der Waals surface area contributed by atoms with E-state index in [4.69, 9.17) is 4.42 Å². The largest absolute Gasteiger partial charge is 0.480 e. The van der Waals surface area contributed by atoms with Crippen molar-refractivity contribution >= 4 is 11.9 Å². The SMILES string of the molecule is Cc1oc(C)c(C(=O)N2CCCC[C@@H]2C(=O)O)c1C. The van der Waals surface area contributed by atoms with E-state index >= 15 is 0 Å². The number of piperidine rings is 1. The Morgan fingerprint density at radius 1 is 1.21 bits per heavy atom. The van der Waals surface area contributed by atoms with Crippen LogP contribution in [0.1, 0.15) is 46.7 Å². The van der Waals surface area contributed by atoms with Gasteiger partial charge >= 0.3 is 5.97 Å². The number of amides is 1. The van der Waals surface area contributed by atoms with E-state index in [2.05, 4.69) is 0 Å². The molecule has 1 aromatic heterocycles. The van der Waals surface area contributed by atoms with Gasteiger partial charge < -0.3 is 14.4 Å². The second-order valence-corrected chi connectivity index (χ2v) is 5.06. The zero-order valence-electron chi connectivity index (χ0n) is 11.5. The summed E-state index contributed by atoms with van der Waals surface area (Å²) < 4.78 is 5.46. The summed E-state index contributed by atoms with van der Waals surface area (Å²) in [5.74, 6) is 0.127. The number of likely N-dealkylation sites (tertiary alicyclic amines) is 1. The monoisotopic (exact) mass is 265 g/mol. The molecule has 1 saturated heterocycles. The smallest absolute Gasteiger partial charge is 0.326 e. The van der Waals surface area contributed by atoms with Gasteiger partial charge in [0.1, 0.15) is 17.6 Å². The number of aryl methyl sites for hydroxylation is 2. The van der Waals surface area contributed by atoms with Crippen molar-refractivity contribution in [2.45, 2.75) is 46.1 Å². The lowest BCUT2D eigenvalue weighted by atomic mass is 10.00. The molecule has 0 radical (unpaired) electrons. The van der Waals surface area contributed by atoms with Crippen LogP contribution in [0.25, 0.3) is 0 Å². The number of rotatable bonds is 2. The van der Waals surface area contributed by atoms with Crippen LogP contribution in [0.2, 0.25) is 0 Å². The minimum atomic E-state index is -0.927. The minimum absolute atomic E-state index is 0.223. The first-order valence-corrected chi connectivity index (χ1v) is 6.54. The van der Waals surface area contributed by atoms with Gasteiger partial charge in [-0.05, 0) is 40.0 Å². The Balaban J connectivity index is 2.34. The number of hydrogen-bond acceptors (Lipinski definition) is 3. The van der Waals surface area contributed by atoms with Crippen molar-refractivity contribution in [3.8, 4) is 0 Å². The van der Waals surface area contributed by atoms with Crippen molar-refractivity contribution in [3.05, 3.63) is 22.6 Å². The summed E-state index contributed by atoms with van der Waals surface area (Å²) in [6.07, 6.45) is 2.23. The van der Waals surface area contributed by atoms with Gasteiger partial charge in [0, 0.05) is 12.1 Å². The average molecular weight is 265 g/mol. The number of carboxylic acid groups (broad SMARTS) is 1. The molecule has 5 heteroatoms. The van der Waals surface area contributed by atoms with Crippen LogP contribution in [0.3, 0.4) is 0 Å². The Kier molecular flexibility index (Phi) is 3.64. The van der Waals surface area contributed by atoms with Gasteiger partial charge in [0.2, 0.25) is 0 Å². The third kappa shape index (κ3) is 2.37. The summed E-state index contributed by atoms with van der Waals surface area (Å²) in [6, 6.07) is -0.713. The van der Waals surface area contributed by atoms with E-state index in [1.54, 1.807) is 6.92 Å². The van der Waals surface area contributed by atoms with Crippen LogP contribution in [-0.2, 0) is 4.79 Å². The summed E-state index contributed by atoms with van der Waals surface area (Å²) in [6.45, 7) is 5.88. The van der Waals surface area contributed by atoms with Gasteiger partial charge in [-0.1, -0.05) is 0 Å². The normalized spacial score (nSPS) is 19.5. The summed E-state index contributed by atoms with van der Waals surface area (Å²) in [7, 11) is 0. The zero-order chi connectivity index (χ0) is 14.2. The zero-order valence-corrected chi connectivity index (χ0v) is 11.5. The Hall–Kier alpha value is -1.78. The highest BCUT2D eigenvalue weighted by Gasteiger charge is 2.34. The van der Waals surface area contributed by atoms with Crippen LogP contribution in [0, 0.1) is 20.8 Å². The fraction of sp³-hybridized carbons (Fsp3) is 0.571. The molecule has 2 rings (SSSR count). The second-order valence-electron chi connectivity index (χ2n) is 5.06. The molecule has 1 aliphatic rings. The Morgan fingerprint density at radius 3 is 2.42 bits per heavy atom. The Morgan fingerprint density at radius 2 is 1.89 bits per heavy atom. The van der Waals surface area contributed by atoms with Gasteiger partial charge in [-0.2, -0.15) is 0 Å². The lowest BCUT2D eigenvalue weighted by molar-refractivity contribution is -0.143. The molecule has 0 aromatic carbocycles. The van der Waals surface area contributed by atoms with Gasteiger partial charge in [-0.3, -0.25) is 4.79 Å². The summed E-state index contributed by atoms with van der Waals surface area (Å²) in [4.78, 5) is 25.3. The number of furan rings is 1. The molecule has 104 valence electrons. The lowest BCUT2D eigenvalue weighted by Crippen LogP contribution is -2.48.